The summed E-state index contributed by atoms with van der Waals surface area (Å²) in [6, 6.07) is 9.66. The number of nitrogen functional groups attached to an aromatic ring is 1. The fourth-order valence-electron chi connectivity index (χ4n) is 3.71. The fourth-order valence-corrected chi connectivity index (χ4v) is 4.78. The van der Waals surface area contributed by atoms with E-state index in [1.54, 1.807) is 31.4 Å². The van der Waals surface area contributed by atoms with Gasteiger partial charge >= 0.3 is 0 Å². The van der Waals surface area contributed by atoms with Gasteiger partial charge in [-0.15, -0.1) is 11.3 Å². The Morgan fingerprint density at radius 2 is 2.00 bits per heavy atom. The minimum atomic E-state index is -1.03. The Bertz CT molecular complexity index is 1160. The van der Waals surface area contributed by atoms with Crippen molar-refractivity contribution in [3.63, 3.8) is 0 Å². The molecule has 6 nitrogen and oxygen atoms in total. The number of nitrogens with zero attached hydrogens (tertiary/aromatic N) is 3. The largest absolute Gasteiger partial charge is 0.485 e. The maximum atomic E-state index is 9.81. The molecule has 1 aromatic carbocycles. The molecule has 0 spiro atoms. The Balaban J connectivity index is 1.46. The van der Waals surface area contributed by atoms with E-state index in [0.29, 0.717) is 24.1 Å². The van der Waals surface area contributed by atoms with E-state index in [4.69, 9.17) is 10.5 Å². The first-order valence-electron chi connectivity index (χ1n) is 11.1. The number of pyridine rings is 1. The van der Waals surface area contributed by atoms with Crippen LogP contribution in [0.2, 0.25) is 0 Å². The summed E-state index contributed by atoms with van der Waals surface area (Å²) in [5.41, 5.74) is 7.74. The molecule has 3 heterocycles. The lowest BCUT2D eigenvalue weighted by Gasteiger charge is -2.27. The van der Waals surface area contributed by atoms with Gasteiger partial charge in [0.25, 0.3) is 0 Å². The highest BCUT2D eigenvalue weighted by Crippen LogP contribution is 2.36. The quantitative estimate of drug-likeness (QED) is 0.550. The standard InChI is InChI=1S/C26H30N4O2S/c1-26(2,31)10-7-18-5-4-6-19(13-18)17-32-22-14-21(15-28-24(22)27)25-29-16-23(33-25)20-8-11-30(3)12-9-20/h4-6,13-16,20,31H,8-9,11-12,17H2,1-3H3,(H2,27,28). The highest BCUT2D eigenvalue weighted by Gasteiger charge is 2.21. The smallest absolute Gasteiger partial charge is 0.166 e. The van der Waals surface area contributed by atoms with Crippen molar-refractivity contribution in [2.75, 3.05) is 25.9 Å². The van der Waals surface area contributed by atoms with Crippen molar-refractivity contribution < 1.29 is 9.84 Å². The van der Waals surface area contributed by atoms with Gasteiger partial charge in [0.1, 0.15) is 17.2 Å². The molecule has 0 aliphatic carbocycles. The number of aromatic nitrogens is 2. The first kappa shape index (κ1) is 23.2. The fraction of sp³-hybridized carbons (Fsp3) is 0.385. The first-order chi connectivity index (χ1) is 15.8. The van der Waals surface area contributed by atoms with Crippen LogP contribution in [0.25, 0.3) is 10.6 Å². The van der Waals surface area contributed by atoms with Crippen molar-refractivity contribution in [1.82, 2.24) is 14.9 Å². The third kappa shape index (κ3) is 6.32. The van der Waals surface area contributed by atoms with Gasteiger partial charge in [0.15, 0.2) is 11.6 Å². The minimum absolute atomic E-state index is 0.339. The summed E-state index contributed by atoms with van der Waals surface area (Å²) in [5, 5.41) is 10.7. The zero-order valence-electron chi connectivity index (χ0n) is 19.3. The van der Waals surface area contributed by atoms with E-state index in [2.05, 4.69) is 33.8 Å². The second-order valence-electron chi connectivity index (χ2n) is 9.05. The first-order valence-corrected chi connectivity index (χ1v) is 12.0. The maximum absolute atomic E-state index is 9.81. The van der Waals surface area contributed by atoms with Crippen molar-refractivity contribution >= 4 is 17.2 Å². The van der Waals surface area contributed by atoms with Gasteiger partial charge in [-0.2, -0.15) is 0 Å². The number of rotatable bonds is 5. The van der Waals surface area contributed by atoms with Crippen molar-refractivity contribution in [2.24, 2.45) is 0 Å². The van der Waals surface area contributed by atoms with Crippen LogP contribution in [-0.2, 0) is 6.61 Å². The molecule has 1 fully saturated rings. The Kier molecular flexibility index (Phi) is 6.99. The van der Waals surface area contributed by atoms with Gasteiger partial charge < -0.3 is 20.5 Å². The topological polar surface area (TPSA) is 84.5 Å². The summed E-state index contributed by atoms with van der Waals surface area (Å²) in [4.78, 5) is 12.7. The number of thiazole rings is 1. The molecule has 0 radical (unpaired) electrons. The molecule has 1 aliphatic rings. The van der Waals surface area contributed by atoms with Crippen molar-refractivity contribution in [3.8, 4) is 28.2 Å². The van der Waals surface area contributed by atoms with Gasteiger partial charge in [0.05, 0.1) is 0 Å². The van der Waals surface area contributed by atoms with Crippen LogP contribution in [0.4, 0.5) is 5.82 Å². The number of likely N-dealkylation sites (tertiary alicyclic amines) is 1. The van der Waals surface area contributed by atoms with Gasteiger partial charge in [-0.05, 0) is 76.5 Å². The van der Waals surface area contributed by atoms with Crippen LogP contribution < -0.4 is 10.5 Å². The average molecular weight is 463 g/mol. The Morgan fingerprint density at radius 3 is 2.76 bits per heavy atom. The van der Waals surface area contributed by atoms with E-state index in [9.17, 15) is 5.11 Å². The van der Waals surface area contributed by atoms with Crippen molar-refractivity contribution in [3.05, 3.63) is 58.7 Å². The van der Waals surface area contributed by atoms with Gasteiger partial charge in [0, 0.05) is 28.4 Å². The van der Waals surface area contributed by atoms with Gasteiger partial charge in [-0.25, -0.2) is 9.97 Å². The van der Waals surface area contributed by atoms with Crippen LogP contribution in [0.1, 0.15) is 48.6 Å². The molecule has 172 valence electrons. The van der Waals surface area contributed by atoms with Crippen LogP contribution in [-0.4, -0.2) is 45.7 Å². The van der Waals surface area contributed by atoms with E-state index in [0.717, 1.165) is 34.8 Å². The predicted octanol–water partition coefficient (Wildman–Crippen LogP) is 4.30. The number of hydrogen-bond donors (Lipinski definition) is 2. The van der Waals surface area contributed by atoms with Crippen LogP contribution in [0.5, 0.6) is 5.75 Å². The average Bonchev–Trinajstić information content (AvgIpc) is 3.28. The Labute approximate surface area is 199 Å². The van der Waals surface area contributed by atoms with E-state index < -0.39 is 5.60 Å². The number of benzene rings is 1. The van der Waals surface area contributed by atoms with Crippen molar-refractivity contribution in [1.29, 1.82) is 0 Å². The van der Waals surface area contributed by atoms with E-state index in [1.807, 2.05) is 36.5 Å². The summed E-state index contributed by atoms with van der Waals surface area (Å²) >= 11 is 1.73. The molecular formula is C26H30N4O2S. The molecule has 0 bridgehead atoms. The Hall–Kier alpha value is -2.92. The molecule has 4 rings (SSSR count). The molecule has 33 heavy (non-hydrogen) atoms. The van der Waals surface area contributed by atoms with Crippen LogP contribution in [0.3, 0.4) is 0 Å². The molecule has 2 aromatic heterocycles. The minimum Gasteiger partial charge on any atom is -0.485 e. The lowest BCUT2D eigenvalue weighted by atomic mass is 9.96. The second kappa shape index (κ2) is 9.92. The highest BCUT2D eigenvalue weighted by atomic mass is 32.1. The monoisotopic (exact) mass is 462 g/mol. The second-order valence-corrected chi connectivity index (χ2v) is 10.1. The Morgan fingerprint density at radius 1 is 1.21 bits per heavy atom. The molecular weight excluding hydrogens is 432 g/mol. The summed E-state index contributed by atoms with van der Waals surface area (Å²) in [7, 11) is 2.18. The molecule has 1 aliphatic heterocycles. The predicted molar refractivity (Wildman–Crippen MR) is 133 cm³/mol. The summed E-state index contributed by atoms with van der Waals surface area (Å²) in [6.07, 6.45) is 6.11. The number of nitrogens with two attached hydrogens (primary N) is 1. The third-order valence-electron chi connectivity index (χ3n) is 5.61. The maximum Gasteiger partial charge on any atom is 0.166 e. The summed E-state index contributed by atoms with van der Waals surface area (Å²) in [5.74, 6) is 7.29. The number of anilines is 1. The highest BCUT2D eigenvalue weighted by molar-refractivity contribution is 7.15. The van der Waals surface area contributed by atoms with Gasteiger partial charge in [0.2, 0.25) is 0 Å². The lowest BCUT2D eigenvalue weighted by Crippen LogP contribution is -2.28. The molecule has 0 amide bonds. The van der Waals surface area contributed by atoms with E-state index in [-0.39, 0.29) is 0 Å². The SMILES string of the molecule is CN1CCC(c2cnc(-c3cnc(N)c(OCc4cccc(C#CC(C)(C)O)c4)c3)s2)CC1. The summed E-state index contributed by atoms with van der Waals surface area (Å²) < 4.78 is 6.01. The number of hydrogen-bond acceptors (Lipinski definition) is 7. The molecule has 0 unspecified atom stereocenters. The van der Waals surface area contributed by atoms with Crippen molar-refractivity contribution in [2.45, 2.75) is 44.8 Å². The normalized spacial score (nSPS) is 15.2. The molecule has 3 aromatic rings. The van der Waals surface area contributed by atoms with Crippen LogP contribution >= 0.6 is 11.3 Å². The van der Waals surface area contributed by atoms with Crippen LogP contribution in [0.15, 0.2) is 42.7 Å². The molecule has 0 atom stereocenters. The summed E-state index contributed by atoms with van der Waals surface area (Å²) in [6.45, 7) is 5.92. The third-order valence-corrected chi connectivity index (χ3v) is 6.82. The van der Waals surface area contributed by atoms with E-state index in [1.165, 1.54) is 17.7 Å². The molecule has 3 N–H and O–H groups in total. The zero-order chi connectivity index (χ0) is 23.4. The van der Waals surface area contributed by atoms with E-state index >= 15 is 0 Å². The van der Waals surface area contributed by atoms with Gasteiger partial charge in [-0.3, -0.25) is 0 Å². The number of piperidine rings is 1. The molecule has 7 heteroatoms. The van der Waals surface area contributed by atoms with Gasteiger partial charge in [-0.1, -0.05) is 24.0 Å². The lowest BCUT2D eigenvalue weighted by molar-refractivity contribution is 0.143. The molecule has 1 saturated heterocycles. The number of ether oxygens (including phenoxy) is 1. The zero-order valence-corrected chi connectivity index (χ0v) is 20.2. The molecule has 0 saturated carbocycles. The van der Waals surface area contributed by atoms with Crippen LogP contribution in [0, 0.1) is 11.8 Å². The number of aliphatic hydroxyl groups is 1.